The summed E-state index contributed by atoms with van der Waals surface area (Å²) in [5.74, 6) is -1.11. The van der Waals surface area contributed by atoms with E-state index in [9.17, 15) is 66.9 Å². The Hall–Kier alpha value is -15.6. The molecule has 0 fully saturated rings. The minimum Gasteiger partial charge on any atom is -0.478 e. The number of amides is 2. The average Bonchev–Trinajstić information content (AvgIpc) is 0.829. The van der Waals surface area contributed by atoms with Crippen LogP contribution in [0.4, 0.5) is 61.2 Å². The molecule has 0 unspecified atom stereocenters. The Kier molecular flexibility index (Phi) is 42.8. The molecule has 6 aromatic heterocycles. The van der Waals surface area contributed by atoms with Gasteiger partial charge in [0.15, 0.2) is 34.9 Å². The number of nitrogens with two attached hydrogens (primary N) is 2. The van der Waals surface area contributed by atoms with E-state index >= 15 is 0 Å². The molecule has 0 saturated carbocycles. The van der Waals surface area contributed by atoms with Crippen LogP contribution >= 0.6 is 7.60 Å². The van der Waals surface area contributed by atoms with Gasteiger partial charge in [-0.1, -0.05) is 0 Å². The third-order valence-corrected chi connectivity index (χ3v) is 22.2. The number of primary amides is 1. The summed E-state index contributed by atoms with van der Waals surface area (Å²) in [7, 11) is -0.691. The van der Waals surface area contributed by atoms with Crippen molar-refractivity contribution in [2.45, 2.75) is 119 Å². The fourth-order valence-corrected chi connectivity index (χ4v) is 12.8. The maximum Gasteiger partial charge on any atom is 0.349 e. The molecule has 144 heavy (non-hydrogen) atoms. The number of carboxylic acid groups (broad SMARTS) is 2. The molecule has 0 atom stereocenters. The van der Waals surface area contributed by atoms with Gasteiger partial charge in [0.05, 0.1) is 78.1 Å². The Morgan fingerprint density at radius 1 is 0.347 bits per heavy atom. The minimum atomic E-state index is -4.27. The molecule has 6 heterocycles. The lowest BCUT2D eigenvalue weighted by Crippen LogP contribution is -2.28. The van der Waals surface area contributed by atoms with Crippen molar-refractivity contribution in [1.82, 2.24) is 64.5 Å². The van der Waals surface area contributed by atoms with Crippen LogP contribution in [-0.2, 0) is 44.0 Å². The van der Waals surface area contributed by atoms with Gasteiger partial charge < -0.3 is 55.1 Å². The normalized spacial score (nSPS) is 11.6. The number of carbonyl (C=O) groups excluding carboxylic acids is 2. The van der Waals surface area contributed by atoms with Gasteiger partial charge in [-0.15, -0.1) is 0 Å². The van der Waals surface area contributed by atoms with Gasteiger partial charge in [-0.05, 0) is 259 Å². The van der Waals surface area contributed by atoms with Crippen LogP contribution < -0.4 is 45.0 Å². The van der Waals surface area contributed by atoms with Crippen LogP contribution in [0.1, 0.15) is 117 Å². The highest BCUT2D eigenvalue weighted by Crippen LogP contribution is 2.39. The fourth-order valence-electron chi connectivity index (χ4n) is 11.8. The molecule has 0 radical (unpaired) electrons. The first-order valence-corrected chi connectivity index (χ1v) is 49.1. The lowest BCUT2D eigenvalue weighted by atomic mass is 10.1. The van der Waals surface area contributed by atoms with Gasteiger partial charge >= 0.3 is 29.7 Å². The van der Waals surface area contributed by atoms with E-state index in [0.717, 1.165) is 53.2 Å². The van der Waals surface area contributed by atoms with Crippen LogP contribution in [-0.4, -0.2) is 211 Å². The Bertz CT molecular complexity index is 6600. The molecule has 44 heteroatoms. The molecule has 6 aromatic carbocycles. The maximum atomic E-state index is 13.2. The second-order valence-electron chi connectivity index (χ2n) is 33.4. The van der Waals surface area contributed by atoms with Gasteiger partial charge in [0, 0.05) is 142 Å². The van der Waals surface area contributed by atoms with Crippen molar-refractivity contribution in [2.75, 3.05) is 77.9 Å². The highest BCUT2D eigenvalue weighted by atomic mass is 32.2. The summed E-state index contributed by atoms with van der Waals surface area (Å²) in [5, 5.41) is 22.3. The van der Waals surface area contributed by atoms with Gasteiger partial charge in [0.2, 0.25) is 15.9 Å². The van der Waals surface area contributed by atoms with Crippen molar-refractivity contribution < 1.29 is 86.9 Å². The predicted octanol–water partition coefficient (Wildman–Crippen LogP) is 16.3. The molecule has 0 aliphatic rings. The number of nitrogens with zero attached hydrogens (tertiary/aromatic N) is 19. The molecular weight excluding hydrogens is 1930 g/mol. The highest BCUT2D eigenvalue weighted by molar-refractivity contribution is 7.89. The van der Waals surface area contributed by atoms with Crippen LogP contribution in [0.25, 0.3) is 97.9 Å². The standard InChI is InChI=1S/C18H21FN4O3S.C17H19FN4O.2C17H18FN3O2.C16H19FN3O3P.C15H18FN5O2S/c1-12(2)23(3)18-17(13-5-7-14(19)8-6-13)20-11-15(21-18)9-10-16(24)22-27(4,25)26;1-11(2)22(3)17-16(12-4-6-13(18)7-5-12)20-10-14(21-17)8-9-15(19)23;2*1-11(2)21(3)17-16(12-4-6-13(18)7-5-12)19-10-14(20-17)8-9-15(22)23;1-11(2)20(3)16-15(12-4-6-13(17)7-5-12)18-10-14(19-16)8-9-24(21,22)23;1-10(2)21(3)15-14(11-4-6-12(16)7-5-11)18-8-13(20-15)9-19-24(17,22)23/h5-12H,1-4H3,(H,22,24);4-11H,1-3H3,(H2,19,23);2*4-11H,1-3H3,(H,22,23);4-11H,1-3H3,(H2,21,22,23);4-10H,1-3H3,(H2,17,22,23)/b10-9+;4*9-8+;. The van der Waals surface area contributed by atoms with Crippen molar-refractivity contribution in [3.8, 4) is 67.5 Å². The van der Waals surface area contributed by atoms with Gasteiger partial charge in [-0.3, -0.25) is 44.1 Å². The first-order chi connectivity index (χ1) is 67.5. The number of carbonyl (C=O) groups is 4. The van der Waals surface area contributed by atoms with E-state index in [2.05, 4.69) is 64.2 Å². The molecule has 12 rings (SSSR count). The number of aromatic nitrogens is 12. The lowest BCUT2D eigenvalue weighted by Gasteiger charge is -2.25. The zero-order chi connectivity index (χ0) is 107. The highest BCUT2D eigenvalue weighted by Gasteiger charge is 2.25. The van der Waals surface area contributed by atoms with E-state index in [0.29, 0.717) is 114 Å². The van der Waals surface area contributed by atoms with E-state index in [1.807, 2.05) is 159 Å². The number of aliphatic carboxylic acids is 2. The first-order valence-electron chi connectivity index (χ1n) is 44.0. The van der Waals surface area contributed by atoms with Crippen molar-refractivity contribution in [1.29, 1.82) is 0 Å². The predicted molar refractivity (Wildman–Crippen MR) is 551 cm³/mol. The fraction of sp³-hybridized carbons (Fsp3) is 0.250. The maximum absolute atomic E-state index is 13.2. The number of anilines is 6. The largest absolute Gasteiger partial charge is 0.478 e. The smallest absolute Gasteiger partial charge is 0.349 e. The summed E-state index contributed by atoms with van der Waals surface area (Å²) < 4.78 is 139. The summed E-state index contributed by atoms with van der Waals surface area (Å²) >= 11 is 0. The lowest BCUT2D eigenvalue weighted by molar-refractivity contribution is -0.132. The molecule has 0 bridgehead atoms. The molecule has 0 aliphatic heterocycles. The number of nitrogens with one attached hydrogen (secondary N) is 1. The molecule has 9 N–H and O–H groups in total. The zero-order valence-electron chi connectivity index (χ0n) is 82.3. The number of rotatable bonds is 31. The number of sulfonamides is 1. The Balaban J connectivity index is 0.000000235. The van der Waals surface area contributed by atoms with Crippen LogP contribution in [0.2, 0.25) is 0 Å². The monoisotopic (exact) mass is 2040 g/mol. The summed E-state index contributed by atoms with van der Waals surface area (Å²) in [5.41, 5.74) is 15.4. The van der Waals surface area contributed by atoms with E-state index in [1.165, 1.54) is 140 Å². The van der Waals surface area contributed by atoms with Crippen LogP contribution in [0, 0.1) is 34.9 Å². The third kappa shape index (κ3) is 37.1. The number of hydrogen-bond donors (Lipinski definition) is 7. The van der Waals surface area contributed by atoms with Crippen molar-refractivity contribution >= 4 is 123 Å². The van der Waals surface area contributed by atoms with E-state index in [-0.39, 0.29) is 76.8 Å². The van der Waals surface area contributed by atoms with Gasteiger partial charge in [-0.25, -0.2) is 84.1 Å². The van der Waals surface area contributed by atoms with Crippen LogP contribution in [0.5, 0.6) is 0 Å². The summed E-state index contributed by atoms with van der Waals surface area (Å²) in [6.07, 6.45) is 22.0. The Labute approximate surface area is 831 Å². The third-order valence-electron chi connectivity index (χ3n) is 20.7. The van der Waals surface area contributed by atoms with Gasteiger partial charge in [0.25, 0.3) is 5.91 Å². The van der Waals surface area contributed by atoms with Crippen LogP contribution in [0.3, 0.4) is 0 Å². The molecular formula is C100H113F6N22O13PS2. The zero-order valence-corrected chi connectivity index (χ0v) is 84.8. The number of hydrogen-bond acceptors (Lipinski definition) is 27. The van der Waals surface area contributed by atoms with E-state index < -0.39 is 51.6 Å². The molecule has 0 aliphatic carbocycles. The van der Waals surface area contributed by atoms with Gasteiger partial charge in [-0.2, -0.15) is 12.8 Å². The molecule has 0 saturated heterocycles. The summed E-state index contributed by atoms with van der Waals surface area (Å²) in [6.45, 7) is 24.0. The van der Waals surface area contributed by atoms with Crippen molar-refractivity contribution in [3.05, 3.63) is 282 Å². The molecule has 760 valence electrons. The molecule has 0 spiro atoms. The van der Waals surface area contributed by atoms with Gasteiger partial charge in [0.1, 0.15) is 74.8 Å². The van der Waals surface area contributed by atoms with Crippen molar-refractivity contribution in [2.24, 2.45) is 15.3 Å². The Morgan fingerprint density at radius 2 is 0.542 bits per heavy atom. The quantitative estimate of drug-likeness (QED) is 0.00918. The van der Waals surface area contributed by atoms with E-state index in [1.54, 1.807) is 79.0 Å². The first kappa shape index (κ1) is 115. The van der Waals surface area contributed by atoms with E-state index in [4.69, 9.17) is 30.9 Å². The summed E-state index contributed by atoms with van der Waals surface area (Å²) in [4.78, 5) is 126. The topological polar surface area (TPSA) is 485 Å². The Morgan fingerprint density at radius 3 is 0.729 bits per heavy atom. The molecule has 12 aromatic rings. The summed E-state index contributed by atoms with van der Waals surface area (Å²) in [6, 6.07) is 36.8. The minimum absolute atomic E-state index is 0.115. The second-order valence-corrected chi connectivity index (χ2v) is 37.8. The number of halogens is 6. The number of benzene rings is 6. The SMILES string of the molecule is CC(C)N(C)c1nc(/C=C/C(=O)NS(C)(=O)=O)cnc1-c1ccc(F)cc1.CC(C)N(C)c1nc(/C=C/C(=O)O)cnc1-c1ccc(F)cc1.CC(C)N(C)c1nc(/C=C/C(=O)O)cnc1-c1ccc(F)cc1.CC(C)N(C)c1nc(/C=C/C(N)=O)cnc1-c1ccc(F)cc1.CC(C)N(C)c1nc(/C=C/P(=O)(O)O)cnc1-c1ccc(F)cc1.CC(C)N(C)c1nc(C=NS(N)(=O)=O)cnc1-c1ccc(F)cc1. The average molecular weight is 2040 g/mol. The molecule has 35 nitrogen and oxygen atoms in total. The molecule has 2 amide bonds. The van der Waals surface area contributed by atoms with Crippen molar-refractivity contribution in [3.63, 3.8) is 0 Å². The number of carboxylic acids is 2. The van der Waals surface area contributed by atoms with Crippen LogP contribution in [0.15, 0.2) is 217 Å². The second kappa shape index (κ2) is 53.3.